The summed E-state index contributed by atoms with van der Waals surface area (Å²) in [6, 6.07) is 8.72. The number of hydrogen-bond donors (Lipinski definition) is 4. The zero-order valence-corrected chi connectivity index (χ0v) is 19.2. The molecule has 35 heavy (non-hydrogen) atoms. The summed E-state index contributed by atoms with van der Waals surface area (Å²) in [4.78, 5) is 28.8. The maximum absolute atomic E-state index is 14.8. The van der Waals surface area contributed by atoms with Crippen LogP contribution in [0.15, 0.2) is 47.7 Å². The molecular weight excluding hydrogens is 461 g/mol. The van der Waals surface area contributed by atoms with Gasteiger partial charge >= 0.3 is 0 Å². The Morgan fingerprint density at radius 2 is 1.77 bits per heavy atom. The van der Waals surface area contributed by atoms with E-state index in [0.29, 0.717) is 28.2 Å². The quantitative estimate of drug-likeness (QED) is 0.193. The first kappa shape index (κ1) is 25.2. The van der Waals surface area contributed by atoms with Crippen molar-refractivity contribution in [1.82, 2.24) is 15.7 Å². The van der Waals surface area contributed by atoms with Gasteiger partial charge in [-0.15, -0.1) is 0 Å². The van der Waals surface area contributed by atoms with Crippen LogP contribution in [0.4, 0.5) is 10.1 Å². The predicted octanol–water partition coefficient (Wildman–Crippen LogP) is 1.81. The van der Waals surface area contributed by atoms with E-state index < -0.39 is 23.3 Å². The number of rotatable bonds is 10. The van der Waals surface area contributed by atoms with Gasteiger partial charge in [0.1, 0.15) is 5.75 Å². The number of carbonyl (C=O) groups is 2. The summed E-state index contributed by atoms with van der Waals surface area (Å²) in [5, 5.41) is 17.8. The Labute approximate surface area is 199 Å². The molecule has 0 aliphatic carbocycles. The van der Waals surface area contributed by atoms with Crippen LogP contribution >= 0.6 is 0 Å². The maximum atomic E-state index is 14.8. The first-order valence-electron chi connectivity index (χ1n) is 10.3. The monoisotopic (exact) mass is 485 g/mol. The van der Waals surface area contributed by atoms with Gasteiger partial charge in [-0.05, 0) is 24.3 Å². The molecule has 0 radical (unpaired) electrons. The van der Waals surface area contributed by atoms with Crippen LogP contribution in [0.3, 0.4) is 0 Å². The third-order valence-electron chi connectivity index (χ3n) is 4.67. The van der Waals surface area contributed by atoms with Crippen molar-refractivity contribution in [3.63, 3.8) is 0 Å². The zero-order valence-electron chi connectivity index (χ0n) is 19.2. The number of ether oxygens (including phenoxy) is 3. The highest BCUT2D eigenvalue weighted by Gasteiger charge is 2.21. The van der Waals surface area contributed by atoms with Crippen molar-refractivity contribution in [3.05, 3.63) is 48.4 Å². The van der Waals surface area contributed by atoms with Gasteiger partial charge in [0.05, 0.1) is 26.3 Å². The topological polar surface area (TPSA) is 143 Å². The molecule has 3 rings (SSSR count). The average molecular weight is 485 g/mol. The molecule has 0 fully saturated rings. The van der Waals surface area contributed by atoms with Crippen molar-refractivity contribution in [2.45, 2.75) is 0 Å². The Morgan fingerprint density at radius 1 is 1.03 bits per heavy atom. The molecule has 0 aliphatic rings. The summed E-state index contributed by atoms with van der Waals surface area (Å²) in [6.07, 6.45) is 1.51. The lowest BCUT2D eigenvalue weighted by atomic mass is 10.1. The number of fused-ring (bicyclic) bond motifs is 1. The van der Waals surface area contributed by atoms with E-state index in [1.165, 1.54) is 39.6 Å². The first-order chi connectivity index (χ1) is 16.9. The van der Waals surface area contributed by atoms with Crippen molar-refractivity contribution >= 4 is 34.1 Å². The second-order valence-electron chi connectivity index (χ2n) is 6.90. The standard InChI is InChI=1S/C23H24FN5O6/c1-25-29-21(22(31)27-8-9-30)23(32)28-13-4-5-18(15(24)10-13)35-17-6-7-26-16-12-20(34-3)19(33-2)11-14(16)17/h4-7,10-12,25,30H,8-9H2,1-3H3,(H,27,31)(H,28,32)/b29-21+. The highest BCUT2D eigenvalue weighted by atomic mass is 19.1. The molecule has 0 saturated carbocycles. The fourth-order valence-corrected chi connectivity index (χ4v) is 3.08. The fourth-order valence-electron chi connectivity index (χ4n) is 3.08. The number of aromatic nitrogens is 1. The molecule has 0 spiro atoms. The number of anilines is 1. The highest BCUT2D eigenvalue weighted by molar-refractivity contribution is 6.67. The largest absolute Gasteiger partial charge is 0.493 e. The van der Waals surface area contributed by atoms with Crippen LogP contribution in [0.2, 0.25) is 0 Å². The fraction of sp³-hybridized carbons (Fsp3) is 0.217. The Morgan fingerprint density at radius 3 is 2.43 bits per heavy atom. The number of carbonyl (C=O) groups excluding carboxylic acids is 2. The van der Waals surface area contributed by atoms with E-state index >= 15 is 0 Å². The summed E-state index contributed by atoms with van der Waals surface area (Å²) >= 11 is 0. The summed E-state index contributed by atoms with van der Waals surface area (Å²) in [6.45, 7) is -0.363. The van der Waals surface area contributed by atoms with Gasteiger partial charge in [-0.3, -0.25) is 14.6 Å². The molecule has 2 aromatic carbocycles. The van der Waals surface area contributed by atoms with Crippen molar-refractivity contribution in [3.8, 4) is 23.0 Å². The number of pyridine rings is 1. The van der Waals surface area contributed by atoms with Crippen LogP contribution in [0.1, 0.15) is 0 Å². The van der Waals surface area contributed by atoms with Gasteiger partial charge in [0, 0.05) is 43.0 Å². The smallest absolute Gasteiger partial charge is 0.281 e. The molecule has 1 aromatic heterocycles. The second kappa shape index (κ2) is 11.6. The number of hydrazone groups is 1. The van der Waals surface area contributed by atoms with Gasteiger partial charge in [0.2, 0.25) is 5.71 Å². The van der Waals surface area contributed by atoms with Crippen LogP contribution in [0.25, 0.3) is 10.9 Å². The van der Waals surface area contributed by atoms with Crippen LogP contribution in [-0.2, 0) is 9.59 Å². The van der Waals surface area contributed by atoms with Crippen molar-refractivity contribution < 1.29 is 33.3 Å². The molecule has 2 amide bonds. The molecule has 0 unspecified atom stereocenters. The van der Waals surface area contributed by atoms with Gasteiger partial charge in [0.15, 0.2) is 23.1 Å². The van der Waals surface area contributed by atoms with Gasteiger partial charge < -0.3 is 35.4 Å². The van der Waals surface area contributed by atoms with Gasteiger partial charge in [-0.25, -0.2) is 4.39 Å². The molecule has 11 nitrogen and oxygen atoms in total. The summed E-state index contributed by atoms with van der Waals surface area (Å²) in [5.41, 5.74) is 2.50. The lowest BCUT2D eigenvalue weighted by Crippen LogP contribution is -2.40. The van der Waals surface area contributed by atoms with Gasteiger partial charge in [-0.2, -0.15) is 5.10 Å². The lowest BCUT2D eigenvalue weighted by molar-refractivity contribution is -0.117. The first-order valence-corrected chi connectivity index (χ1v) is 10.3. The van der Waals surface area contributed by atoms with Crippen molar-refractivity contribution in [2.24, 2.45) is 5.10 Å². The molecule has 3 aromatic rings. The van der Waals surface area contributed by atoms with E-state index in [9.17, 15) is 14.0 Å². The van der Waals surface area contributed by atoms with E-state index in [2.05, 4.69) is 26.1 Å². The number of benzene rings is 2. The molecule has 0 aliphatic heterocycles. The van der Waals surface area contributed by atoms with E-state index in [1.807, 2.05) is 0 Å². The van der Waals surface area contributed by atoms with E-state index in [0.717, 1.165) is 6.07 Å². The van der Waals surface area contributed by atoms with Gasteiger partial charge in [0.25, 0.3) is 11.8 Å². The van der Waals surface area contributed by atoms with Crippen LogP contribution in [0, 0.1) is 5.82 Å². The van der Waals surface area contributed by atoms with Gasteiger partial charge in [-0.1, -0.05) is 0 Å². The Kier molecular flexibility index (Phi) is 8.35. The second-order valence-corrected chi connectivity index (χ2v) is 6.90. The number of hydrogen-bond acceptors (Lipinski definition) is 9. The number of nitrogens with one attached hydrogen (secondary N) is 3. The number of halogens is 1. The Balaban J connectivity index is 1.82. The zero-order chi connectivity index (χ0) is 25.4. The number of methoxy groups -OCH3 is 2. The average Bonchev–Trinajstić information content (AvgIpc) is 2.86. The molecule has 184 valence electrons. The SMILES string of the molecule is CN/N=C(\C(=O)NCCO)C(=O)Nc1ccc(Oc2ccnc3cc(OC)c(OC)cc23)c(F)c1. The summed E-state index contributed by atoms with van der Waals surface area (Å²) in [7, 11) is 4.41. The molecule has 1 heterocycles. The molecule has 0 bridgehead atoms. The van der Waals surface area contributed by atoms with Crippen LogP contribution in [-0.4, -0.2) is 62.0 Å². The minimum absolute atomic E-state index is 0.0577. The molecular formula is C23H24FN5O6. The Bertz CT molecular complexity index is 1270. The van der Waals surface area contributed by atoms with Crippen LogP contribution < -0.4 is 30.3 Å². The van der Waals surface area contributed by atoms with E-state index in [-0.39, 0.29) is 24.6 Å². The van der Waals surface area contributed by atoms with E-state index in [4.69, 9.17) is 19.3 Å². The van der Waals surface area contributed by atoms with Crippen molar-refractivity contribution in [2.75, 3.05) is 39.7 Å². The maximum Gasteiger partial charge on any atom is 0.281 e. The molecule has 4 N–H and O–H groups in total. The normalized spacial score (nSPS) is 11.1. The van der Waals surface area contributed by atoms with Crippen LogP contribution in [0.5, 0.6) is 23.0 Å². The highest BCUT2D eigenvalue weighted by Crippen LogP contribution is 2.37. The number of aliphatic hydroxyl groups excluding tert-OH is 1. The molecule has 12 heteroatoms. The Hall–Kier alpha value is -4.45. The minimum atomic E-state index is -0.871. The third-order valence-corrected chi connectivity index (χ3v) is 4.67. The predicted molar refractivity (Wildman–Crippen MR) is 127 cm³/mol. The summed E-state index contributed by atoms with van der Waals surface area (Å²) < 4.78 is 31.2. The lowest BCUT2D eigenvalue weighted by Gasteiger charge is -2.13. The number of aliphatic hydroxyl groups is 1. The molecule has 0 atom stereocenters. The minimum Gasteiger partial charge on any atom is -0.493 e. The molecule has 0 saturated heterocycles. The van der Waals surface area contributed by atoms with E-state index in [1.54, 1.807) is 18.2 Å². The summed E-state index contributed by atoms with van der Waals surface area (Å²) in [5.74, 6) is -1.26. The third kappa shape index (κ3) is 5.92. The number of nitrogens with zero attached hydrogens (tertiary/aromatic N) is 2. The van der Waals surface area contributed by atoms with Crippen molar-refractivity contribution in [1.29, 1.82) is 0 Å². The number of amides is 2.